The maximum atomic E-state index is 14.4. The maximum Gasteiger partial charge on any atom is 0.278 e. The Kier molecular flexibility index (Phi) is 4.80. The van der Waals surface area contributed by atoms with Gasteiger partial charge in [-0.1, -0.05) is 36.4 Å². The molecule has 0 spiro atoms. The van der Waals surface area contributed by atoms with Crippen LogP contribution in [0.15, 0.2) is 96.2 Å². The van der Waals surface area contributed by atoms with Crippen molar-refractivity contribution in [3.05, 3.63) is 119 Å². The second-order valence-electron chi connectivity index (χ2n) is 7.11. The Balaban J connectivity index is 1.71. The van der Waals surface area contributed by atoms with Crippen molar-refractivity contribution in [2.75, 3.05) is 0 Å². The molecule has 5 aromatic rings. The fourth-order valence-corrected chi connectivity index (χ4v) is 3.63. The highest BCUT2D eigenvalue weighted by Crippen LogP contribution is 2.25. The molecular weight excluding hydrogens is 391 g/mol. The minimum Gasteiger partial charge on any atom is -0.267 e. The molecule has 0 aliphatic heterocycles. The molecule has 0 aliphatic carbocycles. The van der Waals surface area contributed by atoms with E-state index in [4.69, 9.17) is 0 Å². The van der Waals surface area contributed by atoms with E-state index < -0.39 is 0 Å². The molecular formula is C25H17FN4O. The van der Waals surface area contributed by atoms with E-state index in [2.05, 4.69) is 15.0 Å². The molecule has 6 heteroatoms. The zero-order valence-electron chi connectivity index (χ0n) is 16.4. The highest BCUT2D eigenvalue weighted by atomic mass is 19.1. The van der Waals surface area contributed by atoms with Crippen LogP contribution in [0, 0.1) is 5.82 Å². The first-order valence-corrected chi connectivity index (χ1v) is 9.81. The molecule has 0 unspecified atom stereocenters. The van der Waals surface area contributed by atoms with E-state index in [1.165, 1.54) is 6.07 Å². The fraction of sp³-hybridized carbons (Fsp3) is 0.0400. The van der Waals surface area contributed by atoms with Crippen molar-refractivity contribution < 1.29 is 4.39 Å². The lowest BCUT2D eigenvalue weighted by Crippen LogP contribution is -2.25. The quantitative estimate of drug-likeness (QED) is 0.437. The van der Waals surface area contributed by atoms with Gasteiger partial charge < -0.3 is 0 Å². The van der Waals surface area contributed by atoms with E-state index >= 15 is 0 Å². The number of halogens is 1. The van der Waals surface area contributed by atoms with Crippen molar-refractivity contribution in [2.45, 2.75) is 6.42 Å². The van der Waals surface area contributed by atoms with Gasteiger partial charge in [-0.2, -0.15) is 0 Å². The summed E-state index contributed by atoms with van der Waals surface area (Å²) in [4.78, 5) is 26.6. The van der Waals surface area contributed by atoms with Crippen LogP contribution in [0.25, 0.3) is 28.0 Å². The van der Waals surface area contributed by atoms with Gasteiger partial charge >= 0.3 is 0 Å². The summed E-state index contributed by atoms with van der Waals surface area (Å²) in [5.74, 6) is -0.318. The van der Waals surface area contributed by atoms with Crippen molar-refractivity contribution in [1.82, 2.24) is 19.5 Å². The van der Waals surface area contributed by atoms with Gasteiger partial charge in [0.15, 0.2) is 5.65 Å². The smallest absolute Gasteiger partial charge is 0.267 e. The Morgan fingerprint density at radius 1 is 0.903 bits per heavy atom. The molecule has 3 aromatic heterocycles. The summed E-state index contributed by atoms with van der Waals surface area (Å²) >= 11 is 0. The predicted molar refractivity (Wildman–Crippen MR) is 118 cm³/mol. The highest BCUT2D eigenvalue weighted by Gasteiger charge is 2.15. The van der Waals surface area contributed by atoms with Gasteiger partial charge in [0.25, 0.3) is 5.56 Å². The molecule has 0 saturated carbocycles. The van der Waals surface area contributed by atoms with Crippen LogP contribution in [-0.4, -0.2) is 19.5 Å². The summed E-state index contributed by atoms with van der Waals surface area (Å²) in [5, 5.41) is 0. The van der Waals surface area contributed by atoms with Crippen LogP contribution in [-0.2, 0) is 6.42 Å². The normalized spacial score (nSPS) is 11.0. The molecule has 0 aliphatic rings. The van der Waals surface area contributed by atoms with Crippen LogP contribution in [0.4, 0.5) is 4.39 Å². The van der Waals surface area contributed by atoms with Gasteiger partial charge in [0.1, 0.15) is 17.0 Å². The Morgan fingerprint density at radius 3 is 2.61 bits per heavy atom. The topological polar surface area (TPSA) is 60.7 Å². The number of nitrogens with zero attached hydrogens (tertiary/aromatic N) is 4. The average molecular weight is 408 g/mol. The van der Waals surface area contributed by atoms with Crippen molar-refractivity contribution in [3.8, 4) is 16.8 Å². The number of aromatic nitrogens is 4. The molecule has 2 aromatic carbocycles. The summed E-state index contributed by atoms with van der Waals surface area (Å²) < 4.78 is 15.9. The lowest BCUT2D eigenvalue weighted by molar-refractivity contribution is 0.631. The second-order valence-corrected chi connectivity index (χ2v) is 7.11. The first-order valence-electron chi connectivity index (χ1n) is 9.81. The molecule has 0 amide bonds. The Morgan fingerprint density at radius 2 is 1.77 bits per heavy atom. The number of benzene rings is 2. The zero-order valence-corrected chi connectivity index (χ0v) is 16.4. The Labute approximate surface area is 177 Å². The predicted octanol–water partition coefficient (Wildman–Crippen LogP) is 4.57. The monoisotopic (exact) mass is 408 g/mol. The summed E-state index contributed by atoms with van der Waals surface area (Å²) in [5.41, 5.74) is 3.83. The van der Waals surface area contributed by atoms with Gasteiger partial charge in [0.2, 0.25) is 0 Å². The Bertz CT molecular complexity index is 1450. The van der Waals surface area contributed by atoms with E-state index in [0.29, 0.717) is 40.1 Å². The third-order valence-corrected chi connectivity index (χ3v) is 5.07. The van der Waals surface area contributed by atoms with Gasteiger partial charge in [-0.25, -0.2) is 14.4 Å². The lowest BCUT2D eigenvalue weighted by atomic mass is 10.0. The molecule has 0 bridgehead atoms. The van der Waals surface area contributed by atoms with Crippen LogP contribution in [0.5, 0.6) is 0 Å². The maximum absolute atomic E-state index is 14.4. The lowest BCUT2D eigenvalue weighted by Gasteiger charge is -2.13. The minimum absolute atomic E-state index is 0.263. The van der Waals surface area contributed by atoms with Crippen LogP contribution in [0.3, 0.4) is 0 Å². The van der Waals surface area contributed by atoms with Crippen molar-refractivity contribution in [1.29, 1.82) is 0 Å². The summed E-state index contributed by atoms with van der Waals surface area (Å²) in [6.07, 6.45) is 5.39. The van der Waals surface area contributed by atoms with Crippen molar-refractivity contribution in [3.63, 3.8) is 0 Å². The zero-order chi connectivity index (χ0) is 21.2. The van der Waals surface area contributed by atoms with Gasteiger partial charge in [0.05, 0.1) is 5.69 Å². The number of rotatable bonds is 4. The SMILES string of the molecule is O=c1c(Cc2cccnc2)nc2cccnc2n1-c1cccc(-c2ccccc2F)c1. The average Bonchev–Trinajstić information content (AvgIpc) is 2.81. The van der Waals surface area contributed by atoms with E-state index in [-0.39, 0.29) is 11.4 Å². The van der Waals surface area contributed by atoms with Gasteiger partial charge in [-0.3, -0.25) is 14.3 Å². The number of fused-ring (bicyclic) bond motifs is 1. The molecule has 5 nitrogen and oxygen atoms in total. The highest BCUT2D eigenvalue weighted by molar-refractivity contribution is 5.74. The van der Waals surface area contributed by atoms with E-state index in [0.717, 1.165) is 5.56 Å². The van der Waals surface area contributed by atoms with Crippen LogP contribution >= 0.6 is 0 Å². The van der Waals surface area contributed by atoms with Gasteiger partial charge in [-0.15, -0.1) is 0 Å². The molecule has 0 radical (unpaired) electrons. The molecule has 150 valence electrons. The van der Waals surface area contributed by atoms with E-state index in [1.807, 2.05) is 30.3 Å². The standard InChI is InChI=1S/C25H17FN4O/c26-21-10-2-1-9-20(21)18-7-3-8-19(15-18)30-24-22(11-5-13-28-24)29-23(25(30)31)14-17-6-4-12-27-16-17/h1-13,15-16H,14H2. The van der Waals surface area contributed by atoms with Gasteiger partial charge in [-0.05, 0) is 47.5 Å². The third-order valence-electron chi connectivity index (χ3n) is 5.07. The molecule has 0 atom stereocenters. The first kappa shape index (κ1) is 18.8. The molecule has 0 fully saturated rings. The molecule has 5 rings (SSSR count). The van der Waals surface area contributed by atoms with Crippen LogP contribution in [0.2, 0.25) is 0 Å². The second kappa shape index (κ2) is 7.91. The minimum atomic E-state index is -0.318. The molecule has 0 N–H and O–H groups in total. The Hall–Kier alpha value is -4.19. The molecule has 0 saturated heterocycles. The molecule has 31 heavy (non-hydrogen) atoms. The fourth-order valence-electron chi connectivity index (χ4n) is 3.63. The summed E-state index contributed by atoms with van der Waals surface area (Å²) in [7, 11) is 0. The number of hydrogen-bond acceptors (Lipinski definition) is 4. The molecule has 3 heterocycles. The first-order chi connectivity index (χ1) is 15.2. The van der Waals surface area contributed by atoms with Crippen LogP contribution in [0.1, 0.15) is 11.3 Å². The third kappa shape index (κ3) is 3.59. The van der Waals surface area contributed by atoms with Crippen LogP contribution < -0.4 is 5.56 Å². The summed E-state index contributed by atoms with van der Waals surface area (Å²) in [6.45, 7) is 0. The largest absolute Gasteiger partial charge is 0.278 e. The van der Waals surface area contributed by atoms with E-state index in [9.17, 15) is 9.18 Å². The van der Waals surface area contributed by atoms with Crippen molar-refractivity contribution in [2.24, 2.45) is 0 Å². The number of pyridine rings is 2. The van der Waals surface area contributed by atoms with E-state index in [1.54, 1.807) is 59.6 Å². The van der Waals surface area contributed by atoms with Crippen molar-refractivity contribution >= 4 is 11.2 Å². The summed E-state index contributed by atoms with van der Waals surface area (Å²) in [6, 6.07) is 21.1. The van der Waals surface area contributed by atoms with Gasteiger partial charge in [0, 0.05) is 30.6 Å². The number of hydrogen-bond donors (Lipinski definition) is 0.